The summed E-state index contributed by atoms with van der Waals surface area (Å²) in [6.07, 6.45) is -0.713. The number of aromatic nitrogens is 1. The molecular formula is C17H15ClN2O3S. The molecule has 3 rings (SSSR count). The molecule has 0 spiro atoms. The lowest BCUT2D eigenvalue weighted by Gasteiger charge is -2.15. The predicted molar refractivity (Wildman–Crippen MR) is 97.2 cm³/mol. The van der Waals surface area contributed by atoms with Gasteiger partial charge in [0.25, 0.3) is 5.91 Å². The van der Waals surface area contributed by atoms with Crippen molar-refractivity contribution in [2.75, 3.05) is 5.32 Å². The van der Waals surface area contributed by atoms with E-state index in [9.17, 15) is 9.59 Å². The van der Waals surface area contributed by atoms with Crippen molar-refractivity contribution in [1.29, 1.82) is 0 Å². The van der Waals surface area contributed by atoms with Crippen LogP contribution in [-0.4, -0.2) is 16.6 Å². The molecule has 1 heterocycles. The maximum atomic E-state index is 12.3. The molecule has 0 bridgehead atoms. The van der Waals surface area contributed by atoms with Crippen LogP contribution in [0.5, 0.6) is 5.75 Å². The second-order valence-electron chi connectivity index (χ2n) is 5.29. The van der Waals surface area contributed by atoms with Gasteiger partial charge in [-0.3, -0.25) is 9.59 Å². The highest BCUT2D eigenvalue weighted by Crippen LogP contribution is 2.25. The van der Waals surface area contributed by atoms with Crippen LogP contribution in [0.3, 0.4) is 0 Å². The lowest BCUT2D eigenvalue weighted by molar-refractivity contribution is -0.122. The zero-order valence-corrected chi connectivity index (χ0v) is 14.6. The lowest BCUT2D eigenvalue weighted by atomic mass is 10.2. The van der Waals surface area contributed by atoms with Crippen LogP contribution in [0.15, 0.2) is 47.3 Å². The number of carbonyl (C=O) groups is 1. The van der Waals surface area contributed by atoms with Gasteiger partial charge in [-0.1, -0.05) is 35.1 Å². The number of benzene rings is 2. The van der Waals surface area contributed by atoms with Crippen LogP contribution in [0.25, 0.3) is 10.2 Å². The number of para-hydroxylation sites is 1. The molecule has 1 atom stereocenters. The van der Waals surface area contributed by atoms with Gasteiger partial charge in [-0.2, -0.15) is 0 Å². The minimum Gasteiger partial charge on any atom is -0.479 e. The molecule has 0 aliphatic rings. The first-order chi connectivity index (χ1) is 11.5. The van der Waals surface area contributed by atoms with Crippen LogP contribution in [0.4, 0.5) is 5.69 Å². The summed E-state index contributed by atoms with van der Waals surface area (Å²) >= 11 is 7.17. The fourth-order valence-corrected chi connectivity index (χ4v) is 3.34. The highest BCUT2D eigenvalue weighted by molar-refractivity contribution is 7.16. The Labute approximate surface area is 147 Å². The zero-order chi connectivity index (χ0) is 17.3. The van der Waals surface area contributed by atoms with E-state index in [-0.39, 0.29) is 10.8 Å². The minimum atomic E-state index is -0.713. The number of fused-ring (bicyclic) bond motifs is 1. The Hall–Kier alpha value is -2.31. The summed E-state index contributed by atoms with van der Waals surface area (Å²) in [5.74, 6) is 0.163. The van der Waals surface area contributed by atoms with Crippen molar-refractivity contribution >= 4 is 44.7 Å². The SMILES string of the molecule is C[C@@H](Oc1ccccc1Cl)C(=O)Nc1ccc2c(c1)sc(=O)n2C. The standard InChI is InChI=1S/C17H15ClN2O3S/c1-10(23-14-6-4-3-5-12(14)18)16(21)19-11-7-8-13-15(9-11)24-17(22)20(13)2/h3-10H,1-2H3,(H,19,21)/t10-/m1/s1. The quantitative estimate of drug-likeness (QED) is 0.770. The molecule has 1 N–H and O–H groups in total. The molecule has 1 amide bonds. The number of nitrogens with zero attached hydrogens (tertiary/aromatic N) is 1. The van der Waals surface area contributed by atoms with E-state index in [2.05, 4.69) is 5.32 Å². The second-order valence-corrected chi connectivity index (χ2v) is 6.69. The fraction of sp³-hybridized carbons (Fsp3) is 0.176. The molecule has 0 saturated heterocycles. The molecule has 0 aliphatic heterocycles. The van der Waals surface area contributed by atoms with Gasteiger partial charge in [0.1, 0.15) is 5.75 Å². The first kappa shape index (κ1) is 16.5. The molecule has 1 aromatic heterocycles. The Balaban J connectivity index is 1.74. The molecular weight excluding hydrogens is 348 g/mol. The zero-order valence-electron chi connectivity index (χ0n) is 13.1. The Morgan fingerprint density at radius 1 is 1.29 bits per heavy atom. The van der Waals surface area contributed by atoms with E-state index < -0.39 is 6.10 Å². The van der Waals surface area contributed by atoms with Gasteiger partial charge < -0.3 is 14.6 Å². The van der Waals surface area contributed by atoms with Crippen LogP contribution in [-0.2, 0) is 11.8 Å². The molecule has 0 saturated carbocycles. The Kier molecular flexibility index (Phi) is 4.59. The Morgan fingerprint density at radius 3 is 2.79 bits per heavy atom. The summed E-state index contributed by atoms with van der Waals surface area (Å²) < 4.78 is 7.99. The normalized spacial score (nSPS) is 12.1. The van der Waals surface area contributed by atoms with E-state index in [1.54, 1.807) is 54.9 Å². The van der Waals surface area contributed by atoms with E-state index in [4.69, 9.17) is 16.3 Å². The van der Waals surface area contributed by atoms with Crippen LogP contribution in [0, 0.1) is 0 Å². The number of hydrogen-bond donors (Lipinski definition) is 1. The molecule has 3 aromatic rings. The van der Waals surface area contributed by atoms with Crippen LogP contribution in [0.1, 0.15) is 6.92 Å². The van der Waals surface area contributed by atoms with Crippen molar-refractivity contribution < 1.29 is 9.53 Å². The van der Waals surface area contributed by atoms with Gasteiger partial charge in [-0.25, -0.2) is 0 Å². The van der Waals surface area contributed by atoms with Crippen LogP contribution >= 0.6 is 22.9 Å². The van der Waals surface area contributed by atoms with Gasteiger partial charge in [0.15, 0.2) is 6.10 Å². The van der Waals surface area contributed by atoms with E-state index in [0.717, 1.165) is 21.6 Å². The Morgan fingerprint density at radius 2 is 2.04 bits per heavy atom. The van der Waals surface area contributed by atoms with Crippen molar-refractivity contribution in [3.05, 3.63) is 57.2 Å². The van der Waals surface area contributed by atoms with Gasteiger partial charge in [-0.05, 0) is 37.3 Å². The number of ether oxygens (including phenoxy) is 1. The highest BCUT2D eigenvalue weighted by Gasteiger charge is 2.16. The number of halogens is 1. The highest BCUT2D eigenvalue weighted by atomic mass is 35.5. The summed E-state index contributed by atoms with van der Waals surface area (Å²) in [7, 11) is 1.72. The largest absolute Gasteiger partial charge is 0.479 e. The van der Waals surface area contributed by atoms with E-state index in [1.165, 1.54) is 0 Å². The summed E-state index contributed by atoms with van der Waals surface area (Å²) in [4.78, 5) is 23.9. The Bertz CT molecular complexity index is 964. The minimum absolute atomic E-state index is 0.0381. The average Bonchev–Trinajstić information content (AvgIpc) is 2.83. The monoisotopic (exact) mass is 362 g/mol. The first-order valence-corrected chi connectivity index (χ1v) is 8.47. The van der Waals surface area contributed by atoms with Gasteiger partial charge in [0.05, 0.1) is 15.2 Å². The van der Waals surface area contributed by atoms with Crippen molar-refractivity contribution in [2.45, 2.75) is 13.0 Å². The molecule has 0 unspecified atom stereocenters. The van der Waals surface area contributed by atoms with Crippen LogP contribution < -0.4 is 14.9 Å². The maximum Gasteiger partial charge on any atom is 0.307 e. The van der Waals surface area contributed by atoms with Gasteiger partial charge >= 0.3 is 4.87 Å². The molecule has 24 heavy (non-hydrogen) atoms. The topological polar surface area (TPSA) is 60.3 Å². The van der Waals surface area contributed by atoms with Crippen molar-refractivity contribution in [2.24, 2.45) is 7.05 Å². The van der Waals surface area contributed by atoms with Gasteiger partial charge in [0, 0.05) is 12.7 Å². The number of hydrogen-bond acceptors (Lipinski definition) is 4. The van der Waals surface area contributed by atoms with Gasteiger partial charge in [-0.15, -0.1) is 0 Å². The third-order valence-corrected chi connectivity index (χ3v) is 4.88. The number of rotatable bonds is 4. The molecule has 124 valence electrons. The van der Waals surface area contributed by atoms with E-state index >= 15 is 0 Å². The number of thiazole rings is 1. The number of carbonyl (C=O) groups excluding carboxylic acids is 1. The third-order valence-electron chi connectivity index (χ3n) is 3.57. The molecule has 5 nitrogen and oxygen atoms in total. The molecule has 0 aliphatic carbocycles. The van der Waals surface area contributed by atoms with Crippen molar-refractivity contribution in [1.82, 2.24) is 4.57 Å². The number of amides is 1. The summed E-state index contributed by atoms with van der Waals surface area (Å²) in [6, 6.07) is 12.3. The van der Waals surface area contributed by atoms with Crippen LogP contribution in [0.2, 0.25) is 5.02 Å². The van der Waals surface area contributed by atoms with Gasteiger partial charge in [0.2, 0.25) is 0 Å². The molecule has 7 heteroatoms. The van der Waals surface area contributed by atoms with Crippen molar-refractivity contribution in [3.63, 3.8) is 0 Å². The van der Waals surface area contributed by atoms with E-state index in [0.29, 0.717) is 16.5 Å². The third kappa shape index (κ3) is 3.29. The summed E-state index contributed by atoms with van der Waals surface area (Å²) in [5.41, 5.74) is 1.45. The number of anilines is 1. The average molecular weight is 363 g/mol. The predicted octanol–water partition coefficient (Wildman–Crippen LogP) is 3.66. The molecule has 0 radical (unpaired) electrons. The summed E-state index contributed by atoms with van der Waals surface area (Å²) in [6.45, 7) is 1.65. The fourth-order valence-electron chi connectivity index (χ4n) is 2.24. The number of nitrogens with one attached hydrogen (secondary N) is 1. The molecule has 2 aromatic carbocycles. The first-order valence-electron chi connectivity index (χ1n) is 7.27. The van der Waals surface area contributed by atoms with E-state index in [1.807, 2.05) is 6.07 Å². The number of aryl methyl sites for hydroxylation is 1. The maximum absolute atomic E-state index is 12.3. The second kappa shape index (κ2) is 6.67. The van der Waals surface area contributed by atoms with Crippen molar-refractivity contribution in [3.8, 4) is 5.75 Å². The summed E-state index contributed by atoms with van der Waals surface area (Å²) in [5, 5.41) is 3.24. The lowest BCUT2D eigenvalue weighted by Crippen LogP contribution is -2.30. The molecule has 0 fully saturated rings. The smallest absolute Gasteiger partial charge is 0.307 e.